The lowest BCUT2D eigenvalue weighted by molar-refractivity contribution is -0.132. The van der Waals surface area contributed by atoms with Gasteiger partial charge in [0.25, 0.3) is 0 Å². The van der Waals surface area contributed by atoms with Crippen LogP contribution in [0.3, 0.4) is 0 Å². The van der Waals surface area contributed by atoms with Crippen molar-refractivity contribution in [2.24, 2.45) is 0 Å². The number of benzene rings is 1. The number of aromatic nitrogens is 1. The van der Waals surface area contributed by atoms with Gasteiger partial charge in [-0.05, 0) is 44.4 Å². The molecule has 0 spiro atoms. The fourth-order valence-corrected chi connectivity index (χ4v) is 4.73. The summed E-state index contributed by atoms with van der Waals surface area (Å²) in [5, 5.41) is 4.53. The normalized spacial score (nSPS) is 23.1. The van der Waals surface area contributed by atoms with E-state index >= 15 is 0 Å². The molecule has 132 valence electrons. The molecule has 0 saturated carbocycles. The van der Waals surface area contributed by atoms with Crippen molar-refractivity contribution in [2.45, 2.75) is 44.2 Å². The molecule has 0 aliphatic carbocycles. The minimum atomic E-state index is 0. The van der Waals surface area contributed by atoms with E-state index in [0.717, 1.165) is 42.9 Å². The summed E-state index contributed by atoms with van der Waals surface area (Å²) in [6.07, 6.45) is 5.10. The van der Waals surface area contributed by atoms with E-state index in [9.17, 15) is 4.79 Å². The van der Waals surface area contributed by atoms with Crippen molar-refractivity contribution in [3.63, 3.8) is 0 Å². The van der Waals surface area contributed by atoms with Gasteiger partial charge in [0, 0.05) is 19.0 Å². The Bertz CT molecular complexity index is 654. The molecule has 2 aromatic rings. The number of amides is 1. The van der Waals surface area contributed by atoms with E-state index in [-0.39, 0.29) is 30.9 Å². The fraction of sp³-hybridized carbons (Fsp3) is 0.529. The summed E-state index contributed by atoms with van der Waals surface area (Å²) in [5.74, 6) is 0.293. The van der Waals surface area contributed by atoms with E-state index in [1.54, 1.807) is 11.3 Å². The number of halogens is 2. The lowest BCUT2D eigenvalue weighted by atomic mass is 10.1. The Labute approximate surface area is 158 Å². The summed E-state index contributed by atoms with van der Waals surface area (Å²) in [7, 11) is 0. The molecule has 2 saturated heterocycles. The van der Waals surface area contributed by atoms with Crippen LogP contribution in [-0.2, 0) is 4.79 Å². The number of carbonyl (C=O) groups excluding carboxylic acids is 1. The van der Waals surface area contributed by atoms with Crippen LogP contribution in [0.2, 0.25) is 0 Å². The molecule has 1 amide bonds. The molecule has 0 radical (unpaired) electrons. The number of thiazole rings is 1. The maximum atomic E-state index is 12.7. The molecule has 2 fully saturated rings. The molecule has 3 heterocycles. The Hall–Kier alpha value is -0.880. The minimum absolute atomic E-state index is 0. The lowest BCUT2D eigenvalue weighted by Crippen LogP contribution is -2.35. The molecule has 7 heteroatoms. The molecule has 0 bridgehead atoms. The Balaban J connectivity index is 0.00000104. The second-order valence-corrected chi connectivity index (χ2v) is 7.32. The van der Waals surface area contributed by atoms with Gasteiger partial charge in [-0.3, -0.25) is 4.79 Å². The standard InChI is InChI=1S/C17H21N3OS.2ClH/c21-16(11-12-5-3-9-18-12)20-10-4-7-14(20)17-19-13-6-1-2-8-15(13)22-17;;/h1-2,6,8,12,14,18H,3-5,7,9-11H2;2*1H. The third kappa shape index (κ3) is 3.85. The van der Waals surface area contributed by atoms with Crippen molar-refractivity contribution in [1.82, 2.24) is 15.2 Å². The second-order valence-electron chi connectivity index (χ2n) is 6.26. The number of nitrogens with zero attached hydrogens (tertiary/aromatic N) is 2. The van der Waals surface area contributed by atoms with E-state index in [1.807, 2.05) is 12.1 Å². The Morgan fingerprint density at radius 3 is 2.83 bits per heavy atom. The van der Waals surface area contributed by atoms with Gasteiger partial charge < -0.3 is 10.2 Å². The number of para-hydroxylation sites is 1. The zero-order valence-electron chi connectivity index (χ0n) is 13.4. The van der Waals surface area contributed by atoms with Crippen LogP contribution in [0, 0.1) is 0 Å². The molecule has 2 aliphatic heterocycles. The zero-order valence-corrected chi connectivity index (χ0v) is 15.9. The van der Waals surface area contributed by atoms with Gasteiger partial charge in [-0.1, -0.05) is 12.1 Å². The van der Waals surface area contributed by atoms with E-state index < -0.39 is 0 Å². The first-order valence-electron chi connectivity index (χ1n) is 8.19. The van der Waals surface area contributed by atoms with Gasteiger partial charge in [-0.2, -0.15) is 0 Å². The van der Waals surface area contributed by atoms with Gasteiger partial charge in [0.05, 0.1) is 16.3 Å². The van der Waals surface area contributed by atoms with Gasteiger partial charge >= 0.3 is 0 Å². The van der Waals surface area contributed by atoms with E-state index in [1.165, 1.54) is 11.1 Å². The van der Waals surface area contributed by atoms with E-state index in [4.69, 9.17) is 4.98 Å². The lowest BCUT2D eigenvalue weighted by Gasteiger charge is -2.24. The SMILES string of the molecule is Cl.Cl.O=C(CC1CCCN1)N1CCCC1c1nc2ccccc2s1. The molecule has 2 unspecified atom stereocenters. The van der Waals surface area contributed by atoms with Crippen molar-refractivity contribution < 1.29 is 4.79 Å². The second kappa shape index (κ2) is 8.48. The number of likely N-dealkylation sites (tertiary alicyclic amines) is 1. The average Bonchev–Trinajstić information content (AvgIpc) is 3.26. The number of hydrogen-bond acceptors (Lipinski definition) is 4. The van der Waals surface area contributed by atoms with Crippen LogP contribution in [0.1, 0.15) is 43.2 Å². The smallest absolute Gasteiger partial charge is 0.224 e. The van der Waals surface area contributed by atoms with Crippen LogP contribution in [0.4, 0.5) is 0 Å². The highest BCUT2D eigenvalue weighted by Gasteiger charge is 2.33. The van der Waals surface area contributed by atoms with Crippen molar-refractivity contribution >= 4 is 52.3 Å². The van der Waals surface area contributed by atoms with Crippen LogP contribution in [0.25, 0.3) is 10.2 Å². The predicted octanol–water partition coefficient (Wildman–Crippen LogP) is 3.95. The molecule has 2 aliphatic rings. The van der Waals surface area contributed by atoms with Gasteiger partial charge in [-0.25, -0.2) is 4.98 Å². The van der Waals surface area contributed by atoms with Crippen LogP contribution in [-0.4, -0.2) is 34.9 Å². The molecule has 1 N–H and O–H groups in total. The maximum Gasteiger partial charge on any atom is 0.224 e. The quantitative estimate of drug-likeness (QED) is 0.866. The monoisotopic (exact) mass is 387 g/mol. The summed E-state index contributed by atoms with van der Waals surface area (Å²) >= 11 is 1.74. The van der Waals surface area contributed by atoms with Crippen LogP contribution in [0.15, 0.2) is 24.3 Å². The topological polar surface area (TPSA) is 45.2 Å². The van der Waals surface area contributed by atoms with Gasteiger partial charge in [0.1, 0.15) is 5.01 Å². The first kappa shape index (κ1) is 19.4. The fourth-order valence-electron chi connectivity index (χ4n) is 3.61. The average molecular weight is 388 g/mol. The summed E-state index contributed by atoms with van der Waals surface area (Å²) in [4.78, 5) is 19.5. The molecule has 1 aromatic carbocycles. The van der Waals surface area contributed by atoms with E-state index in [0.29, 0.717) is 18.4 Å². The van der Waals surface area contributed by atoms with Crippen LogP contribution in [0.5, 0.6) is 0 Å². The first-order valence-corrected chi connectivity index (χ1v) is 9.01. The van der Waals surface area contributed by atoms with Crippen molar-refractivity contribution in [3.8, 4) is 0 Å². The summed E-state index contributed by atoms with van der Waals surface area (Å²) in [6.45, 7) is 1.94. The Morgan fingerprint density at radius 1 is 1.25 bits per heavy atom. The third-order valence-corrected chi connectivity index (χ3v) is 5.89. The number of carbonyl (C=O) groups is 1. The summed E-state index contributed by atoms with van der Waals surface area (Å²) in [6, 6.07) is 8.80. The van der Waals surface area contributed by atoms with Gasteiger partial charge in [0.15, 0.2) is 0 Å². The van der Waals surface area contributed by atoms with Gasteiger partial charge in [-0.15, -0.1) is 36.2 Å². The summed E-state index contributed by atoms with van der Waals surface area (Å²) in [5.41, 5.74) is 1.05. The molecule has 24 heavy (non-hydrogen) atoms. The largest absolute Gasteiger partial charge is 0.333 e. The number of fused-ring (bicyclic) bond motifs is 1. The van der Waals surface area contributed by atoms with Crippen LogP contribution >= 0.6 is 36.2 Å². The predicted molar refractivity (Wildman–Crippen MR) is 103 cm³/mol. The minimum Gasteiger partial charge on any atom is -0.333 e. The van der Waals surface area contributed by atoms with Gasteiger partial charge in [0.2, 0.25) is 5.91 Å². The molecular weight excluding hydrogens is 365 g/mol. The summed E-state index contributed by atoms with van der Waals surface area (Å²) < 4.78 is 1.22. The van der Waals surface area contributed by atoms with Crippen LogP contribution < -0.4 is 5.32 Å². The van der Waals surface area contributed by atoms with Crippen molar-refractivity contribution in [1.29, 1.82) is 0 Å². The van der Waals surface area contributed by atoms with Crippen molar-refractivity contribution in [2.75, 3.05) is 13.1 Å². The zero-order chi connectivity index (χ0) is 14.9. The maximum absolute atomic E-state index is 12.7. The molecule has 4 nitrogen and oxygen atoms in total. The Kier molecular flexibility index (Phi) is 6.87. The molecular formula is C17H23Cl2N3OS. The number of hydrogen-bond donors (Lipinski definition) is 1. The number of nitrogens with one attached hydrogen (secondary N) is 1. The molecule has 2 atom stereocenters. The molecule has 4 rings (SSSR count). The highest BCUT2D eigenvalue weighted by molar-refractivity contribution is 7.18. The molecule has 1 aromatic heterocycles. The number of rotatable bonds is 3. The Morgan fingerprint density at radius 2 is 2.08 bits per heavy atom. The van der Waals surface area contributed by atoms with Crippen molar-refractivity contribution in [3.05, 3.63) is 29.3 Å². The third-order valence-electron chi connectivity index (χ3n) is 4.75. The highest BCUT2D eigenvalue weighted by atomic mass is 35.5. The first-order chi connectivity index (χ1) is 10.8. The van der Waals surface area contributed by atoms with E-state index in [2.05, 4.69) is 22.3 Å². The highest BCUT2D eigenvalue weighted by Crippen LogP contribution is 2.36.